The third-order valence-electron chi connectivity index (χ3n) is 8.89. The van der Waals surface area contributed by atoms with Crippen molar-refractivity contribution >= 4 is 27.8 Å². The number of piperidine rings is 1. The highest BCUT2D eigenvalue weighted by Crippen LogP contribution is 2.54. The van der Waals surface area contributed by atoms with Crippen molar-refractivity contribution in [1.29, 1.82) is 0 Å². The van der Waals surface area contributed by atoms with Crippen LogP contribution in [-0.4, -0.2) is 66.0 Å². The zero-order valence-corrected chi connectivity index (χ0v) is 21.4. The van der Waals surface area contributed by atoms with E-state index in [1.54, 1.807) is 0 Å². The number of amides is 1. The Morgan fingerprint density at radius 2 is 1.77 bits per heavy atom. The van der Waals surface area contributed by atoms with Gasteiger partial charge in [-0.2, -0.15) is 0 Å². The fraction of sp³-hybridized carbons (Fsp3) is 0.621. The van der Waals surface area contributed by atoms with Crippen LogP contribution in [0.25, 0.3) is 21.9 Å². The molecule has 2 N–H and O–H groups in total. The van der Waals surface area contributed by atoms with E-state index in [9.17, 15) is 4.79 Å². The fourth-order valence-electron chi connectivity index (χ4n) is 6.33. The number of likely N-dealkylation sites (tertiary alicyclic amines) is 2. The maximum Gasteiger partial charge on any atom is 0.267 e. The summed E-state index contributed by atoms with van der Waals surface area (Å²) < 4.78 is 6.13. The Morgan fingerprint density at radius 3 is 2.49 bits per heavy atom. The zero-order chi connectivity index (χ0) is 24.0. The van der Waals surface area contributed by atoms with E-state index in [0.29, 0.717) is 23.1 Å². The Bertz CT molecular complexity index is 1190. The Hall–Kier alpha value is -2.31. The smallest absolute Gasteiger partial charge is 0.267 e. The first-order chi connectivity index (χ1) is 17.0. The number of furan rings is 1. The first-order valence-corrected chi connectivity index (χ1v) is 13.8. The number of fused-ring (bicyclic) bond motifs is 3. The summed E-state index contributed by atoms with van der Waals surface area (Å²) >= 11 is 0. The van der Waals surface area contributed by atoms with E-state index in [1.165, 1.54) is 77.8 Å². The molecule has 3 fully saturated rings. The van der Waals surface area contributed by atoms with Crippen LogP contribution in [0.1, 0.15) is 81.0 Å². The van der Waals surface area contributed by atoms with Crippen LogP contribution in [0.4, 0.5) is 0 Å². The second-order valence-corrected chi connectivity index (χ2v) is 11.6. The molecule has 0 radical (unpaired) electrons. The van der Waals surface area contributed by atoms with Gasteiger partial charge in [-0.1, -0.05) is 26.7 Å². The molecule has 0 bridgehead atoms. The van der Waals surface area contributed by atoms with Crippen molar-refractivity contribution < 1.29 is 9.21 Å². The molecule has 4 heterocycles. The van der Waals surface area contributed by atoms with Crippen LogP contribution >= 0.6 is 0 Å². The van der Waals surface area contributed by atoms with Gasteiger partial charge in [-0.25, -0.2) is 0 Å². The van der Waals surface area contributed by atoms with Gasteiger partial charge in [0.2, 0.25) is 0 Å². The lowest BCUT2D eigenvalue weighted by Crippen LogP contribution is -2.42. The normalized spacial score (nSPS) is 23.3. The molecule has 6 rings (SSSR count). The number of carbonyl (C=O) groups is 1. The summed E-state index contributed by atoms with van der Waals surface area (Å²) in [5.41, 5.74) is 2.78. The van der Waals surface area contributed by atoms with Crippen LogP contribution in [0, 0.1) is 5.41 Å². The molecule has 1 atom stereocenters. The number of hydrogen-bond donors (Lipinski definition) is 2. The number of nitrogens with zero attached hydrogens (tertiary/aromatic N) is 2. The highest BCUT2D eigenvalue weighted by Gasteiger charge is 2.55. The number of rotatable bonds is 6. The SMILES string of the molecule is CC(C)c1cc2ccc3[nH]c(C(=O)NC4CC45CCN(CCN4CCCCCC4)CC5)cc3c2o1. The first kappa shape index (κ1) is 23.1. The standard InChI is InChI=1S/C29H40N4O2/c1-20(2)25-17-21-7-8-23-22(27(21)35-25)18-24(30-23)28(34)31-26-19-29(26)9-13-33(14-10-29)16-15-32-11-5-3-4-6-12-32/h7-8,17-18,20,26,30H,3-6,9-16,19H2,1-2H3,(H,31,34). The van der Waals surface area contributed by atoms with Crippen molar-refractivity contribution in [3.8, 4) is 0 Å². The highest BCUT2D eigenvalue weighted by atomic mass is 16.3. The van der Waals surface area contributed by atoms with Gasteiger partial charge in [0, 0.05) is 41.3 Å². The van der Waals surface area contributed by atoms with Crippen molar-refractivity contribution in [3.63, 3.8) is 0 Å². The Kier molecular flexibility index (Phi) is 6.13. The summed E-state index contributed by atoms with van der Waals surface area (Å²) in [7, 11) is 0. The molecular weight excluding hydrogens is 436 g/mol. The predicted octanol–water partition coefficient (Wildman–Crippen LogP) is 5.50. The molecule has 35 heavy (non-hydrogen) atoms. The number of hydrogen-bond acceptors (Lipinski definition) is 4. The monoisotopic (exact) mass is 476 g/mol. The van der Waals surface area contributed by atoms with Crippen LogP contribution in [-0.2, 0) is 0 Å². The minimum absolute atomic E-state index is 0.00968. The van der Waals surface area contributed by atoms with Crippen molar-refractivity contribution in [3.05, 3.63) is 35.7 Å². The summed E-state index contributed by atoms with van der Waals surface area (Å²) in [6, 6.07) is 8.50. The molecule has 6 heteroatoms. The van der Waals surface area contributed by atoms with Crippen molar-refractivity contribution in [1.82, 2.24) is 20.1 Å². The second kappa shape index (κ2) is 9.29. The quantitative estimate of drug-likeness (QED) is 0.493. The van der Waals surface area contributed by atoms with E-state index in [0.717, 1.165) is 34.1 Å². The number of H-pyrrole nitrogens is 1. The molecule has 2 aliphatic heterocycles. The number of aromatic amines is 1. The van der Waals surface area contributed by atoms with E-state index in [4.69, 9.17) is 4.42 Å². The summed E-state index contributed by atoms with van der Waals surface area (Å²) in [6.07, 6.45) is 9.07. The molecule has 1 amide bonds. The van der Waals surface area contributed by atoms with E-state index >= 15 is 0 Å². The maximum absolute atomic E-state index is 13.1. The van der Waals surface area contributed by atoms with Crippen molar-refractivity contribution in [2.24, 2.45) is 5.41 Å². The molecule has 1 spiro atoms. The van der Waals surface area contributed by atoms with Crippen LogP contribution in [0.15, 0.2) is 28.7 Å². The number of benzene rings is 1. The van der Waals surface area contributed by atoms with E-state index in [-0.39, 0.29) is 5.91 Å². The lowest BCUT2D eigenvalue weighted by atomic mass is 9.92. The van der Waals surface area contributed by atoms with E-state index in [2.05, 4.69) is 46.1 Å². The number of aromatic nitrogens is 1. The van der Waals surface area contributed by atoms with Gasteiger partial charge in [-0.05, 0) is 88.0 Å². The van der Waals surface area contributed by atoms with Crippen LogP contribution in [0.5, 0.6) is 0 Å². The lowest BCUT2D eigenvalue weighted by molar-refractivity contribution is 0.0928. The van der Waals surface area contributed by atoms with Gasteiger partial charge in [0.1, 0.15) is 17.0 Å². The molecule has 3 aliphatic rings. The predicted molar refractivity (Wildman–Crippen MR) is 141 cm³/mol. The third-order valence-corrected chi connectivity index (χ3v) is 8.89. The Morgan fingerprint density at radius 1 is 1.06 bits per heavy atom. The average Bonchev–Trinajstić information content (AvgIpc) is 3.17. The molecular formula is C29H40N4O2. The maximum atomic E-state index is 13.1. The van der Waals surface area contributed by atoms with Gasteiger partial charge in [-0.15, -0.1) is 0 Å². The van der Waals surface area contributed by atoms with Crippen LogP contribution in [0.3, 0.4) is 0 Å². The molecule has 2 saturated heterocycles. The molecule has 2 aromatic heterocycles. The van der Waals surface area contributed by atoms with Crippen LogP contribution < -0.4 is 5.32 Å². The second-order valence-electron chi connectivity index (χ2n) is 11.6. The Labute approximate surface area is 208 Å². The highest BCUT2D eigenvalue weighted by molar-refractivity contribution is 6.07. The molecule has 1 unspecified atom stereocenters. The molecule has 188 valence electrons. The van der Waals surface area contributed by atoms with E-state index < -0.39 is 0 Å². The van der Waals surface area contributed by atoms with Crippen molar-refractivity contribution in [2.45, 2.75) is 70.8 Å². The summed E-state index contributed by atoms with van der Waals surface area (Å²) in [5, 5.41) is 5.42. The van der Waals surface area contributed by atoms with Gasteiger partial charge >= 0.3 is 0 Å². The largest absolute Gasteiger partial charge is 0.460 e. The van der Waals surface area contributed by atoms with Gasteiger partial charge in [0.05, 0.1) is 0 Å². The van der Waals surface area contributed by atoms with E-state index in [1.807, 2.05) is 12.1 Å². The summed E-state index contributed by atoms with van der Waals surface area (Å²) in [4.78, 5) is 21.8. The molecule has 1 aromatic carbocycles. The van der Waals surface area contributed by atoms with Gasteiger partial charge in [-0.3, -0.25) is 4.79 Å². The third kappa shape index (κ3) is 4.63. The topological polar surface area (TPSA) is 64.5 Å². The fourth-order valence-corrected chi connectivity index (χ4v) is 6.33. The number of carbonyl (C=O) groups excluding carboxylic acids is 1. The Balaban J connectivity index is 1.04. The minimum Gasteiger partial charge on any atom is -0.460 e. The van der Waals surface area contributed by atoms with Gasteiger partial charge in [0.25, 0.3) is 5.91 Å². The average molecular weight is 477 g/mol. The zero-order valence-electron chi connectivity index (χ0n) is 21.4. The van der Waals surface area contributed by atoms with Gasteiger partial charge in [0.15, 0.2) is 0 Å². The summed E-state index contributed by atoms with van der Waals surface area (Å²) in [5.74, 6) is 1.33. The molecule has 1 saturated carbocycles. The molecule has 6 nitrogen and oxygen atoms in total. The van der Waals surface area contributed by atoms with Crippen molar-refractivity contribution in [2.75, 3.05) is 39.3 Å². The molecule has 1 aliphatic carbocycles. The van der Waals surface area contributed by atoms with Crippen LogP contribution in [0.2, 0.25) is 0 Å². The molecule has 3 aromatic rings. The minimum atomic E-state index is 0.00968. The lowest BCUT2D eigenvalue weighted by Gasteiger charge is -2.34. The summed E-state index contributed by atoms with van der Waals surface area (Å²) in [6.45, 7) is 11.6. The van der Waals surface area contributed by atoms with Gasteiger partial charge < -0.3 is 24.5 Å². The number of nitrogens with one attached hydrogen (secondary N) is 2. The first-order valence-electron chi connectivity index (χ1n) is 13.8.